The van der Waals surface area contributed by atoms with Crippen LogP contribution in [-0.2, 0) is 11.3 Å². The third-order valence-corrected chi connectivity index (χ3v) is 7.42. The van der Waals surface area contributed by atoms with Crippen molar-refractivity contribution in [2.45, 2.75) is 38.5 Å². The van der Waals surface area contributed by atoms with Crippen LogP contribution < -0.4 is 20.3 Å². The molecule has 0 aliphatic carbocycles. The van der Waals surface area contributed by atoms with Gasteiger partial charge in [-0.25, -0.2) is 4.98 Å². The van der Waals surface area contributed by atoms with E-state index in [1.807, 2.05) is 39.0 Å². The molecule has 0 bridgehead atoms. The molecule has 1 aliphatic rings. The number of carbonyl (C=O) groups excluding carboxylic acids is 1. The molecule has 1 N–H and O–H groups in total. The van der Waals surface area contributed by atoms with Crippen molar-refractivity contribution in [2.75, 3.05) is 19.0 Å². The van der Waals surface area contributed by atoms with Gasteiger partial charge in [-0.05, 0) is 44.0 Å². The molecule has 32 heavy (non-hydrogen) atoms. The van der Waals surface area contributed by atoms with E-state index in [9.17, 15) is 9.59 Å². The normalized spacial score (nSPS) is 13.7. The van der Waals surface area contributed by atoms with Gasteiger partial charge in [-0.1, -0.05) is 23.9 Å². The van der Waals surface area contributed by atoms with Crippen molar-refractivity contribution in [1.29, 1.82) is 0 Å². The fourth-order valence-electron chi connectivity index (χ4n) is 3.53. The van der Waals surface area contributed by atoms with Crippen molar-refractivity contribution >= 4 is 39.2 Å². The van der Waals surface area contributed by atoms with Crippen LogP contribution in [0.25, 0.3) is 10.2 Å². The molecule has 168 valence electrons. The van der Waals surface area contributed by atoms with Crippen LogP contribution in [0, 0.1) is 13.8 Å². The highest BCUT2D eigenvalue weighted by Gasteiger charge is 2.19. The van der Waals surface area contributed by atoms with Gasteiger partial charge in [0.25, 0.3) is 5.56 Å². The minimum Gasteiger partial charge on any atom is -0.486 e. The molecule has 7 nitrogen and oxygen atoms in total. The summed E-state index contributed by atoms with van der Waals surface area (Å²) >= 11 is 2.75. The van der Waals surface area contributed by atoms with Crippen molar-refractivity contribution in [2.24, 2.45) is 0 Å². The number of allylic oxidation sites excluding steroid dienone is 1. The molecule has 3 aromatic rings. The van der Waals surface area contributed by atoms with Gasteiger partial charge in [0, 0.05) is 11.4 Å². The summed E-state index contributed by atoms with van der Waals surface area (Å²) in [6.45, 7) is 11.0. The summed E-state index contributed by atoms with van der Waals surface area (Å²) in [6, 6.07) is 5.47. The second-order valence-corrected chi connectivity index (χ2v) is 9.69. The lowest BCUT2D eigenvalue weighted by Gasteiger charge is -2.21. The molecule has 1 atom stereocenters. The van der Waals surface area contributed by atoms with E-state index in [0.29, 0.717) is 40.9 Å². The molecule has 0 radical (unpaired) electrons. The summed E-state index contributed by atoms with van der Waals surface area (Å²) in [5.41, 5.74) is 1.80. The maximum atomic E-state index is 13.0. The molecule has 1 aliphatic heterocycles. The number of thiophene rings is 1. The zero-order chi connectivity index (χ0) is 22.8. The highest BCUT2D eigenvalue weighted by molar-refractivity contribution is 7.99. The van der Waals surface area contributed by atoms with Gasteiger partial charge in [0.1, 0.15) is 18.0 Å². The molecule has 9 heteroatoms. The van der Waals surface area contributed by atoms with E-state index < -0.39 is 0 Å². The van der Waals surface area contributed by atoms with Gasteiger partial charge in [-0.3, -0.25) is 14.2 Å². The average molecular weight is 472 g/mol. The lowest BCUT2D eigenvalue weighted by atomic mass is 10.1. The smallest absolute Gasteiger partial charge is 0.263 e. The van der Waals surface area contributed by atoms with Crippen LogP contribution >= 0.6 is 23.1 Å². The Morgan fingerprint density at radius 3 is 2.84 bits per heavy atom. The SMILES string of the molecule is C=CCn1c(SCC(=O)N[C@H](C)c2ccc3c(c2)OCCO3)nc2sc(C)c(C)c2c1=O. The molecule has 1 amide bonds. The van der Waals surface area contributed by atoms with Crippen LogP contribution in [0.5, 0.6) is 11.5 Å². The maximum absolute atomic E-state index is 13.0. The number of nitrogens with one attached hydrogen (secondary N) is 1. The van der Waals surface area contributed by atoms with Crippen LogP contribution in [0.1, 0.15) is 29.0 Å². The summed E-state index contributed by atoms with van der Waals surface area (Å²) in [6.07, 6.45) is 1.66. The van der Waals surface area contributed by atoms with E-state index >= 15 is 0 Å². The van der Waals surface area contributed by atoms with Gasteiger partial charge in [0.05, 0.1) is 17.2 Å². The van der Waals surface area contributed by atoms with E-state index in [2.05, 4.69) is 16.9 Å². The Hall–Kier alpha value is -2.78. The van der Waals surface area contributed by atoms with Gasteiger partial charge < -0.3 is 14.8 Å². The number of nitrogens with zero attached hydrogens (tertiary/aromatic N) is 2. The lowest BCUT2D eigenvalue weighted by Crippen LogP contribution is -2.29. The van der Waals surface area contributed by atoms with E-state index in [1.54, 1.807) is 10.6 Å². The van der Waals surface area contributed by atoms with Crippen molar-refractivity contribution in [3.63, 3.8) is 0 Å². The maximum Gasteiger partial charge on any atom is 0.263 e. The van der Waals surface area contributed by atoms with Crippen LogP contribution in [0.2, 0.25) is 0 Å². The number of aryl methyl sites for hydroxylation is 2. The Morgan fingerprint density at radius 1 is 1.34 bits per heavy atom. The van der Waals surface area contributed by atoms with Gasteiger partial charge >= 0.3 is 0 Å². The Morgan fingerprint density at radius 2 is 2.09 bits per heavy atom. The molecule has 0 saturated heterocycles. The van der Waals surface area contributed by atoms with Gasteiger partial charge in [-0.2, -0.15) is 0 Å². The van der Waals surface area contributed by atoms with Crippen LogP contribution in [-0.4, -0.2) is 34.4 Å². The van der Waals surface area contributed by atoms with E-state index in [1.165, 1.54) is 23.1 Å². The first kappa shape index (κ1) is 22.4. The van der Waals surface area contributed by atoms with Gasteiger partial charge in [0.2, 0.25) is 5.91 Å². The number of carbonyl (C=O) groups is 1. The zero-order valence-electron chi connectivity index (χ0n) is 18.3. The summed E-state index contributed by atoms with van der Waals surface area (Å²) in [7, 11) is 0. The molecule has 1 aromatic carbocycles. The van der Waals surface area contributed by atoms with Crippen LogP contribution in [0.3, 0.4) is 0 Å². The quantitative estimate of drug-likeness (QED) is 0.319. The number of hydrogen-bond donors (Lipinski definition) is 1. The molecular weight excluding hydrogens is 446 g/mol. The van der Waals surface area contributed by atoms with Crippen molar-refractivity contribution in [3.05, 3.63) is 57.2 Å². The first-order valence-electron chi connectivity index (χ1n) is 10.3. The predicted octanol–water partition coefficient (Wildman–Crippen LogP) is 4.00. The molecule has 0 spiro atoms. The largest absolute Gasteiger partial charge is 0.486 e. The van der Waals surface area contributed by atoms with Crippen molar-refractivity contribution in [1.82, 2.24) is 14.9 Å². The van der Waals surface area contributed by atoms with Crippen molar-refractivity contribution < 1.29 is 14.3 Å². The molecule has 3 heterocycles. The van der Waals surface area contributed by atoms with Gasteiger partial charge in [-0.15, -0.1) is 17.9 Å². The van der Waals surface area contributed by atoms with E-state index in [0.717, 1.165) is 21.8 Å². The van der Waals surface area contributed by atoms with Gasteiger partial charge in [0.15, 0.2) is 16.7 Å². The summed E-state index contributed by atoms with van der Waals surface area (Å²) in [4.78, 5) is 32.1. The van der Waals surface area contributed by atoms with Crippen LogP contribution in [0.15, 0.2) is 40.8 Å². The zero-order valence-corrected chi connectivity index (χ0v) is 19.9. The molecule has 4 rings (SSSR count). The summed E-state index contributed by atoms with van der Waals surface area (Å²) in [5, 5.41) is 4.17. The number of rotatable bonds is 7. The second-order valence-electron chi connectivity index (χ2n) is 7.54. The number of hydrogen-bond acceptors (Lipinski definition) is 7. The first-order chi connectivity index (χ1) is 15.4. The Kier molecular flexibility index (Phi) is 6.57. The Labute approximate surface area is 194 Å². The second kappa shape index (κ2) is 9.38. The van der Waals surface area contributed by atoms with Crippen LogP contribution in [0.4, 0.5) is 0 Å². The number of aromatic nitrogens is 2. The minimum atomic E-state index is -0.202. The molecule has 0 unspecified atom stereocenters. The number of amides is 1. The first-order valence-corrected chi connectivity index (χ1v) is 12.1. The van der Waals surface area contributed by atoms with E-state index in [4.69, 9.17) is 9.47 Å². The monoisotopic (exact) mass is 471 g/mol. The Balaban J connectivity index is 1.48. The third-order valence-electron chi connectivity index (χ3n) is 5.34. The molecular formula is C23H25N3O4S2. The molecule has 0 fully saturated rings. The predicted molar refractivity (Wildman–Crippen MR) is 128 cm³/mol. The molecule has 0 saturated carbocycles. The average Bonchev–Trinajstić information content (AvgIpc) is 3.07. The Bertz CT molecular complexity index is 1250. The standard InChI is InChI=1S/C23H25N3O4S2/c1-5-8-26-22(28)20-13(2)15(4)32-21(20)25-23(26)31-12-19(27)24-14(3)16-6-7-17-18(11-16)30-10-9-29-17/h5-7,11,14H,1,8-10,12H2,2-4H3,(H,24,27)/t14-/m1/s1. The highest BCUT2D eigenvalue weighted by Crippen LogP contribution is 2.33. The lowest BCUT2D eigenvalue weighted by molar-refractivity contribution is -0.119. The number of thioether (sulfide) groups is 1. The number of benzene rings is 1. The number of ether oxygens (including phenoxy) is 2. The summed E-state index contributed by atoms with van der Waals surface area (Å²) in [5.74, 6) is 1.41. The third kappa shape index (κ3) is 4.40. The topological polar surface area (TPSA) is 82.5 Å². The van der Waals surface area contributed by atoms with Crippen molar-refractivity contribution in [3.8, 4) is 11.5 Å². The fraction of sp³-hybridized carbons (Fsp3) is 0.348. The molecule has 2 aromatic heterocycles. The fourth-order valence-corrected chi connectivity index (χ4v) is 5.43. The highest BCUT2D eigenvalue weighted by atomic mass is 32.2. The summed E-state index contributed by atoms with van der Waals surface area (Å²) < 4.78 is 12.8. The van der Waals surface area contributed by atoms with E-state index in [-0.39, 0.29) is 23.3 Å². The number of fused-ring (bicyclic) bond motifs is 2. The minimum absolute atomic E-state index is 0.0932.